The number of rotatable bonds is 7. The second kappa shape index (κ2) is 7.84. The highest BCUT2D eigenvalue weighted by Crippen LogP contribution is 2.25. The zero-order chi connectivity index (χ0) is 18.7. The summed E-state index contributed by atoms with van der Waals surface area (Å²) in [7, 11) is -6.93. The summed E-state index contributed by atoms with van der Waals surface area (Å²) in [5.41, 5.74) is 0.791. The molecular weight excluding hydrogens is 364 g/mol. The fraction of sp³-hybridized carbons (Fsp3) is 0.562. The molecular formula is C16H24N2O5S2. The fourth-order valence-electron chi connectivity index (χ4n) is 2.86. The lowest BCUT2D eigenvalue weighted by Gasteiger charge is -2.27. The summed E-state index contributed by atoms with van der Waals surface area (Å²) in [4.78, 5) is 11.1. The van der Waals surface area contributed by atoms with Gasteiger partial charge in [-0.2, -0.15) is 4.31 Å². The maximum Gasteiger partial charge on any atom is 0.243 e. The predicted molar refractivity (Wildman–Crippen MR) is 95.2 cm³/mol. The van der Waals surface area contributed by atoms with Crippen LogP contribution < -0.4 is 5.32 Å². The van der Waals surface area contributed by atoms with Gasteiger partial charge >= 0.3 is 0 Å². The molecule has 0 radical (unpaired) electrons. The Morgan fingerprint density at radius 1 is 1.28 bits per heavy atom. The van der Waals surface area contributed by atoms with E-state index in [-0.39, 0.29) is 28.9 Å². The van der Waals surface area contributed by atoms with Crippen molar-refractivity contribution in [1.82, 2.24) is 9.62 Å². The number of nitrogens with one attached hydrogen (secondary N) is 1. The lowest BCUT2D eigenvalue weighted by atomic mass is 10.2. The van der Waals surface area contributed by atoms with E-state index in [0.717, 1.165) is 5.56 Å². The van der Waals surface area contributed by atoms with Crippen molar-refractivity contribution in [3.05, 3.63) is 29.8 Å². The third-order valence-corrected chi connectivity index (χ3v) is 7.85. The molecule has 1 amide bonds. The summed E-state index contributed by atoms with van der Waals surface area (Å²) < 4.78 is 50.7. The highest BCUT2D eigenvalue weighted by atomic mass is 32.2. The lowest BCUT2D eigenvalue weighted by molar-refractivity contribution is -0.119. The minimum Gasteiger partial charge on any atom is -0.352 e. The van der Waals surface area contributed by atoms with Crippen molar-refractivity contribution in [3.8, 4) is 0 Å². The molecule has 7 nitrogen and oxygen atoms in total. The second-order valence-corrected chi connectivity index (χ2v) is 10.3. The Labute approximate surface area is 149 Å². The van der Waals surface area contributed by atoms with Gasteiger partial charge in [0.25, 0.3) is 0 Å². The van der Waals surface area contributed by atoms with Gasteiger partial charge in [-0.05, 0) is 30.5 Å². The fourth-order valence-corrected chi connectivity index (χ4v) is 6.43. The van der Waals surface area contributed by atoms with E-state index < -0.39 is 25.9 Å². The molecule has 9 heteroatoms. The number of hydrogen-bond donors (Lipinski definition) is 1. The van der Waals surface area contributed by atoms with Gasteiger partial charge in [-0.15, -0.1) is 0 Å². The van der Waals surface area contributed by atoms with Crippen LogP contribution in [0.25, 0.3) is 0 Å². The first-order valence-corrected chi connectivity index (χ1v) is 11.5. The van der Waals surface area contributed by atoms with E-state index in [2.05, 4.69) is 5.32 Å². The van der Waals surface area contributed by atoms with E-state index >= 15 is 0 Å². The maximum atomic E-state index is 13.0. The SMILES string of the molecule is CCCN([C@@H]1CCS(=O)(=O)C1)S(=O)(=O)c1ccc(CNC(C)=O)cc1. The smallest absolute Gasteiger partial charge is 0.243 e. The number of nitrogens with zero attached hydrogens (tertiary/aromatic N) is 1. The zero-order valence-electron chi connectivity index (χ0n) is 14.4. The van der Waals surface area contributed by atoms with Crippen molar-refractivity contribution in [1.29, 1.82) is 0 Å². The van der Waals surface area contributed by atoms with Gasteiger partial charge in [-0.25, -0.2) is 16.8 Å². The molecule has 1 aliphatic rings. The number of carbonyl (C=O) groups excluding carboxylic acids is 1. The van der Waals surface area contributed by atoms with Gasteiger partial charge in [0.05, 0.1) is 16.4 Å². The minimum absolute atomic E-state index is 0.0308. The first-order chi connectivity index (χ1) is 11.7. The molecule has 1 N–H and O–H groups in total. The number of hydrogen-bond acceptors (Lipinski definition) is 5. The molecule has 0 aliphatic carbocycles. The molecule has 0 bridgehead atoms. The normalized spacial score (nSPS) is 19.9. The van der Waals surface area contributed by atoms with Crippen LogP contribution >= 0.6 is 0 Å². The van der Waals surface area contributed by atoms with Crippen LogP contribution in [-0.2, 0) is 31.2 Å². The number of carbonyl (C=O) groups is 1. The minimum atomic E-state index is -3.76. The van der Waals surface area contributed by atoms with E-state index in [1.54, 1.807) is 12.1 Å². The molecule has 1 aromatic carbocycles. The van der Waals surface area contributed by atoms with Gasteiger partial charge in [0, 0.05) is 26.1 Å². The van der Waals surface area contributed by atoms with Gasteiger partial charge < -0.3 is 5.32 Å². The van der Waals surface area contributed by atoms with E-state index in [1.807, 2.05) is 6.92 Å². The first kappa shape index (κ1) is 19.9. The average molecular weight is 389 g/mol. The molecule has 1 saturated heterocycles. The molecule has 1 atom stereocenters. The van der Waals surface area contributed by atoms with E-state index in [0.29, 0.717) is 19.4 Å². The molecule has 140 valence electrons. The molecule has 1 aromatic rings. The van der Waals surface area contributed by atoms with Crippen LogP contribution in [0, 0.1) is 0 Å². The summed E-state index contributed by atoms with van der Waals surface area (Å²) in [6.07, 6.45) is 0.943. The average Bonchev–Trinajstić information content (AvgIpc) is 2.90. The Morgan fingerprint density at radius 3 is 2.40 bits per heavy atom. The molecule has 0 saturated carbocycles. The Hall–Kier alpha value is -1.45. The summed E-state index contributed by atoms with van der Waals surface area (Å²) in [6.45, 7) is 3.89. The van der Waals surface area contributed by atoms with E-state index in [9.17, 15) is 21.6 Å². The predicted octanol–water partition coefficient (Wildman–Crippen LogP) is 0.910. The van der Waals surface area contributed by atoms with Crippen LogP contribution in [0.5, 0.6) is 0 Å². The van der Waals surface area contributed by atoms with Crippen molar-refractivity contribution in [3.63, 3.8) is 0 Å². The topological polar surface area (TPSA) is 101 Å². The number of amides is 1. The van der Waals surface area contributed by atoms with Crippen molar-refractivity contribution in [2.24, 2.45) is 0 Å². The Balaban J connectivity index is 2.23. The monoisotopic (exact) mass is 388 g/mol. The molecule has 0 spiro atoms. The van der Waals surface area contributed by atoms with Crippen LogP contribution in [0.3, 0.4) is 0 Å². The first-order valence-electron chi connectivity index (χ1n) is 8.21. The molecule has 2 rings (SSSR count). The Bertz CT molecular complexity index is 817. The lowest BCUT2D eigenvalue weighted by Crippen LogP contribution is -2.41. The summed E-state index contributed by atoms with van der Waals surface area (Å²) in [5.74, 6) is -0.246. The Morgan fingerprint density at radius 2 is 1.92 bits per heavy atom. The van der Waals surface area contributed by atoms with Gasteiger partial charge in [0.2, 0.25) is 15.9 Å². The molecule has 0 aromatic heterocycles. The number of sulfone groups is 1. The van der Waals surface area contributed by atoms with Crippen LogP contribution in [0.4, 0.5) is 0 Å². The Kier molecular flexibility index (Phi) is 6.23. The van der Waals surface area contributed by atoms with Crippen molar-refractivity contribution in [2.75, 3.05) is 18.1 Å². The van der Waals surface area contributed by atoms with Crippen molar-refractivity contribution < 1.29 is 21.6 Å². The van der Waals surface area contributed by atoms with Crippen LogP contribution in [0.15, 0.2) is 29.2 Å². The molecule has 1 heterocycles. The quantitative estimate of drug-likeness (QED) is 0.748. The molecule has 25 heavy (non-hydrogen) atoms. The number of benzene rings is 1. The number of sulfonamides is 1. The van der Waals surface area contributed by atoms with Gasteiger partial charge in [0.1, 0.15) is 0 Å². The third kappa shape index (κ3) is 5.02. The maximum absolute atomic E-state index is 13.0. The highest BCUT2D eigenvalue weighted by molar-refractivity contribution is 7.92. The van der Waals surface area contributed by atoms with Gasteiger partial charge in [0.15, 0.2) is 9.84 Å². The molecule has 1 fully saturated rings. The summed E-state index contributed by atoms with van der Waals surface area (Å²) in [5, 5.41) is 2.65. The van der Waals surface area contributed by atoms with Crippen LogP contribution in [0.2, 0.25) is 0 Å². The van der Waals surface area contributed by atoms with E-state index in [1.165, 1.54) is 23.4 Å². The van der Waals surface area contributed by atoms with Crippen molar-refractivity contribution in [2.45, 2.75) is 44.2 Å². The summed E-state index contributed by atoms with van der Waals surface area (Å²) >= 11 is 0. The molecule has 0 unspecified atom stereocenters. The highest BCUT2D eigenvalue weighted by Gasteiger charge is 2.38. The second-order valence-electron chi connectivity index (χ2n) is 6.23. The third-order valence-electron chi connectivity index (χ3n) is 4.13. The van der Waals surface area contributed by atoms with Gasteiger partial charge in [-0.1, -0.05) is 19.1 Å². The van der Waals surface area contributed by atoms with Gasteiger partial charge in [-0.3, -0.25) is 4.79 Å². The van der Waals surface area contributed by atoms with Crippen LogP contribution in [-0.4, -0.2) is 51.1 Å². The largest absolute Gasteiger partial charge is 0.352 e. The van der Waals surface area contributed by atoms with E-state index in [4.69, 9.17) is 0 Å². The molecule has 1 aliphatic heterocycles. The van der Waals surface area contributed by atoms with Crippen molar-refractivity contribution >= 4 is 25.8 Å². The zero-order valence-corrected chi connectivity index (χ0v) is 16.1. The summed E-state index contributed by atoms with van der Waals surface area (Å²) in [6, 6.07) is 5.79. The van der Waals surface area contributed by atoms with Crippen LogP contribution in [0.1, 0.15) is 32.3 Å². The standard InChI is InChI=1S/C16H24N2O5S2/c1-3-9-18(15-8-10-24(20,21)12-15)25(22,23)16-6-4-14(5-7-16)11-17-13(2)19/h4-7,15H,3,8-12H2,1-2H3,(H,17,19)/t15-/m1/s1.